The first kappa shape index (κ1) is 11.6. The van der Waals surface area contributed by atoms with E-state index in [0.717, 1.165) is 29.9 Å². The molecule has 0 saturated heterocycles. The summed E-state index contributed by atoms with van der Waals surface area (Å²) in [6, 6.07) is 7.90. The number of amidine groups is 1. The average Bonchev–Trinajstić information content (AvgIpc) is 2.38. The van der Waals surface area contributed by atoms with E-state index in [0.29, 0.717) is 11.8 Å². The van der Waals surface area contributed by atoms with E-state index in [1.807, 2.05) is 24.3 Å². The van der Waals surface area contributed by atoms with Gasteiger partial charge in [-0.05, 0) is 18.6 Å². The quantitative estimate of drug-likeness (QED) is 0.866. The Labute approximate surface area is 101 Å². The lowest BCUT2D eigenvalue weighted by molar-refractivity contribution is 0.414. The number of rotatable bonds is 3. The first-order valence-electron chi connectivity index (χ1n) is 5.79. The van der Waals surface area contributed by atoms with Crippen molar-refractivity contribution >= 4 is 11.5 Å². The van der Waals surface area contributed by atoms with Crippen molar-refractivity contribution in [3.8, 4) is 5.75 Å². The molecule has 0 radical (unpaired) electrons. The second-order valence-electron chi connectivity index (χ2n) is 4.12. The Morgan fingerprint density at radius 3 is 2.94 bits per heavy atom. The number of hydrogen-bond acceptors (Lipinski definition) is 4. The van der Waals surface area contributed by atoms with E-state index in [1.165, 1.54) is 0 Å². The summed E-state index contributed by atoms with van der Waals surface area (Å²) in [7, 11) is 1.66. The topological polar surface area (TPSA) is 60.0 Å². The molecule has 90 valence electrons. The normalized spacial score (nSPS) is 19.5. The maximum absolute atomic E-state index is 5.72. The zero-order chi connectivity index (χ0) is 12.3. The van der Waals surface area contributed by atoms with Crippen molar-refractivity contribution in [1.82, 2.24) is 0 Å². The molecule has 1 aromatic rings. The Morgan fingerprint density at radius 1 is 1.41 bits per heavy atom. The van der Waals surface area contributed by atoms with Gasteiger partial charge in [-0.3, -0.25) is 0 Å². The van der Waals surface area contributed by atoms with Crippen molar-refractivity contribution in [2.24, 2.45) is 21.9 Å². The number of nitrogens with two attached hydrogens (primary N) is 1. The second-order valence-corrected chi connectivity index (χ2v) is 4.12. The molecule has 4 nitrogen and oxygen atoms in total. The summed E-state index contributed by atoms with van der Waals surface area (Å²) >= 11 is 0. The number of methoxy groups -OCH3 is 1. The van der Waals surface area contributed by atoms with Gasteiger partial charge in [0.1, 0.15) is 11.6 Å². The van der Waals surface area contributed by atoms with E-state index in [-0.39, 0.29) is 0 Å². The van der Waals surface area contributed by atoms with Gasteiger partial charge in [0.25, 0.3) is 0 Å². The van der Waals surface area contributed by atoms with Gasteiger partial charge >= 0.3 is 0 Å². The van der Waals surface area contributed by atoms with Crippen LogP contribution in [-0.2, 0) is 0 Å². The first-order chi connectivity index (χ1) is 8.24. The summed E-state index contributed by atoms with van der Waals surface area (Å²) in [5.74, 6) is 1.80. The van der Waals surface area contributed by atoms with Gasteiger partial charge in [0.2, 0.25) is 0 Å². The highest BCUT2D eigenvalue weighted by Gasteiger charge is 2.21. The van der Waals surface area contributed by atoms with Crippen LogP contribution in [0.2, 0.25) is 0 Å². The van der Waals surface area contributed by atoms with Crippen molar-refractivity contribution in [3.05, 3.63) is 29.8 Å². The minimum absolute atomic E-state index is 0.347. The number of hydrogen-bond donors (Lipinski definition) is 1. The van der Waals surface area contributed by atoms with Crippen LogP contribution in [0.5, 0.6) is 5.75 Å². The Kier molecular flexibility index (Phi) is 3.42. The Morgan fingerprint density at radius 2 is 2.24 bits per heavy atom. The zero-order valence-electron chi connectivity index (χ0n) is 10.2. The molecule has 2 rings (SSSR count). The summed E-state index contributed by atoms with van der Waals surface area (Å²) in [5.41, 5.74) is 7.78. The Hall–Kier alpha value is -1.84. The molecule has 0 aliphatic carbocycles. The summed E-state index contributed by atoms with van der Waals surface area (Å²) in [6.07, 6.45) is 1.79. The molecular formula is C13H17N3O. The minimum Gasteiger partial charge on any atom is -0.497 e. The van der Waals surface area contributed by atoms with Crippen molar-refractivity contribution in [2.75, 3.05) is 7.11 Å². The number of nitrogens with zero attached hydrogens (tertiary/aromatic N) is 2. The Bertz CT molecular complexity index is 465. The highest BCUT2D eigenvalue weighted by molar-refractivity contribution is 6.06. The van der Waals surface area contributed by atoms with Crippen molar-refractivity contribution in [2.45, 2.75) is 19.8 Å². The highest BCUT2D eigenvalue weighted by Crippen LogP contribution is 2.23. The highest BCUT2D eigenvalue weighted by atomic mass is 16.5. The molecule has 0 amide bonds. The van der Waals surface area contributed by atoms with E-state index in [4.69, 9.17) is 10.5 Å². The van der Waals surface area contributed by atoms with Gasteiger partial charge in [0, 0.05) is 17.9 Å². The summed E-state index contributed by atoms with van der Waals surface area (Å²) in [6.45, 7) is 2.14. The van der Waals surface area contributed by atoms with Crippen LogP contribution in [0.25, 0.3) is 0 Å². The average molecular weight is 231 g/mol. The lowest BCUT2D eigenvalue weighted by atomic mass is 9.90. The fraction of sp³-hybridized carbons (Fsp3) is 0.385. The molecule has 1 unspecified atom stereocenters. The molecule has 1 aromatic carbocycles. The predicted molar refractivity (Wildman–Crippen MR) is 69.6 cm³/mol. The molecule has 17 heavy (non-hydrogen) atoms. The van der Waals surface area contributed by atoms with Crippen LogP contribution in [0, 0.1) is 5.92 Å². The molecule has 0 fully saturated rings. The molecule has 0 saturated carbocycles. The van der Waals surface area contributed by atoms with E-state index in [2.05, 4.69) is 17.1 Å². The van der Waals surface area contributed by atoms with E-state index < -0.39 is 0 Å². The van der Waals surface area contributed by atoms with E-state index in [1.54, 1.807) is 7.11 Å². The van der Waals surface area contributed by atoms with Gasteiger partial charge in [0.15, 0.2) is 0 Å². The van der Waals surface area contributed by atoms with Gasteiger partial charge < -0.3 is 10.5 Å². The fourth-order valence-corrected chi connectivity index (χ4v) is 2.00. The van der Waals surface area contributed by atoms with Crippen LogP contribution in [-0.4, -0.2) is 18.7 Å². The molecule has 0 spiro atoms. The van der Waals surface area contributed by atoms with Crippen molar-refractivity contribution in [3.63, 3.8) is 0 Å². The van der Waals surface area contributed by atoms with Gasteiger partial charge in [0.05, 0.1) is 12.8 Å². The minimum atomic E-state index is 0.347. The van der Waals surface area contributed by atoms with Crippen molar-refractivity contribution in [1.29, 1.82) is 0 Å². The third-order valence-electron chi connectivity index (χ3n) is 2.99. The third kappa shape index (κ3) is 2.46. The Balaban J connectivity index is 2.37. The van der Waals surface area contributed by atoms with E-state index in [9.17, 15) is 0 Å². The van der Waals surface area contributed by atoms with Gasteiger partial charge in [-0.15, -0.1) is 5.10 Å². The second kappa shape index (κ2) is 4.99. The summed E-state index contributed by atoms with van der Waals surface area (Å²) in [5, 5.41) is 8.22. The third-order valence-corrected chi connectivity index (χ3v) is 2.99. The van der Waals surface area contributed by atoms with Crippen LogP contribution in [0.1, 0.15) is 25.3 Å². The van der Waals surface area contributed by atoms with Crippen molar-refractivity contribution < 1.29 is 4.74 Å². The van der Waals surface area contributed by atoms with Crippen LogP contribution < -0.4 is 10.5 Å². The molecule has 1 atom stereocenters. The van der Waals surface area contributed by atoms with Crippen LogP contribution in [0.3, 0.4) is 0 Å². The van der Waals surface area contributed by atoms with Gasteiger partial charge in [-0.25, -0.2) is 0 Å². The predicted octanol–water partition coefficient (Wildman–Crippen LogP) is 2.19. The molecule has 0 aromatic heterocycles. The SMILES string of the molecule is CCC1CC(N)=NN=C1c1cccc(OC)c1. The molecule has 2 N–H and O–H groups in total. The maximum Gasteiger partial charge on any atom is 0.123 e. The monoisotopic (exact) mass is 231 g/mol. The van der Waals surface area contributed by atoms with Gasteiger partial charge in [-0.1, -0.05) is 19.1 Å². The van der Waals surface area contributed by atoms with Crippen LogP contribution >= 0.6 is 0 Å². The van der Waals surface area contributed by atoms with Crippen LogP contribution in [0.15, 0.2) is 34.5 Å². The fourth-order valence-electron chi connectivity index (χ4n) is 2.00. The van der Waals surface area contributed by atoms with E-state index >= 15 is 0 Å². The lowest BCUT2D eigenvalue weighted by Gasteiger charge is -2.20. The smallest absolute Gasteiger partial charge is 0.123 e. The lowest BCUT2D eigenvalue weighted by Crippen LogP contribution is -2.26. The van der Waals surface area contributed by atoms with Crippen LogP contribution in [0.4, 0.5) is 0 Å². The molecule has 4 heteroatoms. The molecular weight excluding hydrogens is 214 g/mol. The molecule has 1 aliphatic heterocycles. The number of ether oxygens (including phenoxy) is 1. The summed E-state index contributed by atoms with van der Waals surface area (Å²) in [4.78, 5) is 0. The number of benzene rings is 1. The molecule has 0 bridgehead atoms. The van der Waals surface area contributed by atoms with Gasteiger partial charge in [-0.2, -0.15) is 5.10 Å². The summed E-state index contributed by atoms with van der Waals surface area (Å²) < 4.78 is 5.22. The molecule has 1 heterocycles. The standard InChI is InChI=1S/C13H17N3O/c1-3-9-8-12(14)15-16-13(9)10-5-4-6-11(7-10)17-2/h4-7,9H,3,8H2,1-2H3,(H2,14,15). The first-order valence-corrected chi connectivity index (χ1v) is 5.79. The maximum atomic E-state index is 5.72. The zero-order valence-corrected chi connectivity index (χ0v) is 10.2. The largest absolute Gasteiger partial charge is 0.497 e. The molecule has 1 aliphatic rings.